The van der Waals surface area contributed by atoms with E-state index in [1.807, 2.05) is 0 Å². The van der Waals surface area contributed by atoms with Gasteiger partial charge in [-0.1, -0.05) is 0 Å². The van der Waals surface area contributed by atoms with Gasteiger partial charge in [0.25, 0.3) is 0 Å². The van der Waals surface area contributed by atoms with Crippen LogP contribution in [0.3, 0.4) is 0 Å². The van der Waals surface area contributed by atoms with Crippen molar-refractivity contribution >= 4 is 15.4 Å². The monoisotopic (exact) mass is 206 g/mol. The summed E-state index contributed by atoms with van der Waals surface area (Å²) in [6, 6.07) is 0. The normalized spacial score (nSPS) is 20.7. The van der Waals surface area contributed by atoms with Crippen LogP contribution >= 0.6 is 0 Å². The minimum atomic E-state index is -0.465. The van der Waals surface area contributed by atoms with E-state index in [1.165, 1.54) is 12.8 Å². The number of rotatable bonds is 2. The van der Waals surface area contributed by atoms with Gasteiger partial charge in [0.15, 0.2) is 0 Å². The van der Waals surface area contributed by atoms with Gasteiger partial charge in [-0.15, -0.1) is 0 Å². The molecular formula is C10H12Ge. The molecule has 0 atom stereocenters. The topological polar surface area (TPSA) is 0 Å². The van der Waals surface area contributed by atoms with Crippen molar-refractivity contribution < 1.29 is 0 Å². The van der Waals surface area contributed by atoms with E-state index in [-0.39, 0.29) is 0 Å². The number of allylic oxidation sites excluding steroid dienone is 8. The number of hydrogen-bond donors (Lipinski definition) is 0. The van der Waals surface area contributed by atoms with Crippen molar-refractivity contribution in [2.75, 3.05) is 0 Å². The fourth-order valence-corrected chi connectivity index (χ4v) is 5.13. The maximum atomic E-state index is 2.32. The molecule has 0 aliphatic heterocycles. The minimum absolute atomic E-state index is 0.465. The van der Waals surface area contributed by atoms with Crippen LogP contribution in [0.15, 0.2) is 45.3 Å². The molecule has 0 aromatic heterocycles. The van der Waals surface area contributed by atoms with Gasteiger partial charge >= 0.3 is 73.5 Å². The van der Waals surface area contributed by atoms with Gasteiger partial charge in [0.2, 0.25) is 0 Å². The maximum absolute atomic E-state index is 2.32. The second kappa shape index (κ2) is 3.27. The Kier molecular flexibility index (Phi) is 2.13. The van der Waals surface area contributed by atoms with Crippen molar-refractivity contribution in [3.63, 3.8) is 0 Å². The average molecular weight is 205 g/mol. The van der Waals surface area contributed by atoms with Gasteiger partial charge in [-0.2, -0.15) is 0 Å². The van der Waals surface area contributed by atoms with Crippen LogP contribution in [0.2, 0.25) is 0 Å². The van der Waals surface area contributed by atoms with Crippen LogP contribution in [0.5, 0.6) is 0 Å². The molecule has 0 bridgehead atoms. The summed E-state index contributed by atoms with van der Waals surface area (Å²) in [6.45, 7) is 0. The van der Waals surface area contributed by atoms with E-state index < -0.39 is 15.4 Å². The first-order chi connectivity index (χ1) is 5.45. The van der Waals surface area contributed by atoms with Gasteiger partial charge < -0.3 is 0 Å². The quantitative estimate of drug-likeness (QED) is 0.603. The molecule has 1 heteroatoms. The zero-order valence-corrected chi connectivity index (χ0v) is 9.55. The Balaban J connectivity index is 1.91. The Labute approximate surface area is 73.9 Å². The van der Waals surface area contributed by atoms with E-state index >= 15 is 0 Å². The van der Waals surface area contributed by atoms with Crippen molar-refractivity contribution in [1.82, 2.24) is 0 Å². The summed E-state index contributed by atoms with van der Waals surface area (Å²) in [6.07, 6.45) is 16.1. The fourth-order valence-electron chi connectivity index (χ4n) is 1.54. The average Bonchev–Trinajstić information content (AvgIpc) is 2.60. The van der Waals surface area contributed by atoms with E-state index in [2.05, 4.69) is 36.5 Å². The summed E-state index contributed by atoms with van der Waals surface area (Å²) in [5, 5.41) is 0. The van der Waals surface area contributed by atoms with Gasteiger partial charge in [0.1, 0.15) is 0 Å². The second-order valence-corrected chi connectivity index (χ2v) is 7.64. The summed E-state index contributed by atoms with van der Waals surface area (Å²) in [7, 11) is 0. The molecule has 11 heavy (non-hydrogen) atoms. The predicted octanol–water partition coefficient (Wildman–Crippen LogP) is 1.84. The van der Waals surface area contributed by atoms with Crippen molar-refractivity contribution in [3.05, 3.63) is 45.3 Å². The van der Waals surface area contributed by atoms with Crippen LogP contribution in [-0.4, -0.2) is 15.4 Å². The summed E-state index contributed by atoms with van der Waals surface area (Å²) in [4.78, 5) is 0. The van der Waals surface area contributed by atoms with E-state index in [0.717, 1.165) is 0 Å². The van der Waals surface area contributed by atoms with Gasteiger partial charge in [-0.05, 0) is 0 Å². The molecule has 56 valence electrons. The van der Waals surface area contributed by atoms with Gasteiger partial charge in [0.05, 0.1) is 0 Å². The van der Waals surface area contributed by atoms with Crippen molar-refractivity contribution in [2.24, 2.45) is 0 Å². The Morgan fingerprint density at radius 2 is 1.45 bits per heavy atom. The molecule has 2 aliphatic rings. The third-order valence-corrected chi connectivity index (χ3v) is 6.26. The second-order valence-electron chi connectivity index (χ2n) is 3.09. The number of hydrogen-bond acceptors (Lipinski definition) is 0. The molecule has 2 rings (SSSR count). The summed E-state index contributed by atoms with van der Waals surface area (Å²) >= 11 is -0.465. The predicted molar refractivity (Wildman–Crippen MR) is 52.2 cm³/mol. The van der Waals surface area contributed by atoms with E-state index in [4.69, 9.17) is 0 Å². The van der Waals surface area contributed by atoms with Gasteiger partial charge in [-0.25, -0.2) is 0 Å². The van der Waals surface area contributed by atoms with E-state index in [0.29, 0.717) is 0 Å². The first-order valence-corrected chi connectivity index (χ1v) is 7.11. The molecule has 0 heterocycles. The van der Waals surface area contributed by atoms with Gasteiger partial charge in [0, 0.05) is 0 Å². The third-order valence-electron chi connectivity index (χ3n) is 2.15. The molecular weight excluding hydrogens is 193 g/mol. The van der Waals surface area contributed by atoms with Crippen LogP contribution in [0, 0.1) is 0 Å². The molecule has 0 aromatic carbocycles. The van der Waals surface area contributed by atoms with Crippen LogP contribution in [0.4, 0.5) is 0 Å². The molecule has 0 unspecified atom stereocenters. The van der Waals surface area contributed by atoms with E-state index in [9.17, 15) is 0 Å². The zero-order chi connectivity index (χ0) is 7.52. The first kappa shape index (κ1) is 7.17. The van der Waals surface area contributed by atoms with Crippen molar-refractivity contribution in [1.29, 1.82) is 0 Å². The molecule has 0 saturated carbocycles. The SMILES string of the molecule is C1=CC[C]([GeH2][C]2=CC=CC2)=C1. The standard InChI is InChI=1S/C10H12Ge/c1-2-6-9(5-1)11-10-7-3-4-8-10/h1-5,7H,6,8,11H2. The van der Waals surface area contributed by atoms with Crippen LogP contribution < -0.4 is 0 Å². The molecule has 0 radical (unpaired) electrons. The molecule has 2 aliphatic carbocycles. The summed E-state index contributed by atoms with van der Waals surface area (Å²) in [5.41, 5.74) is 0. The first-order valence-electron chi connectivity index (χ1n) is 4.14. The zero-order valence-electron chi connectivity index (χ0n) is 6.59. The molecule has 0 N–H and O–H groups in total. The summed E-state index contributed by atoms with van der Waals surface area (Å²) in [5.74, 6) is 0. The molecule has 0 saturated heterocycles. The summed E-state index contributed by atoms with van der Waals surface area (Å²) < 4.78 is 3.49. The van der Waals surface area contributed by atoms with Gasteiger partial charge in [-0.3, -0.25) is 0 Å². The van der Waals surface area contributed by atoms with Crippen molar-refractivity contribution in [2.45, 2.75) is 12.8 Å². The molecule has 0 amide bonds. The molecule has 0 fully saturated rings. The van der Waals surface area contributed by atoms with Crippen LogP contribution in [-0.2, 0) is 0 Å². The fraction of sp³-hybridized carbons (Fsp3) is 0.200. The molecule has 0 spiro atoms. The third kappa shape index (κ3) is 1.75. The Bertz CT molecular complexity index is 239. The molecule has 0 nitrogen and oxygen atoms in total. The Morgan fingerprint density at radius 3 is 1.82 bits per heavy atom. The molecule has 0 aromatic rings. The Morgan fingerprint density at radius 1 is 0.909 bits per heavy atom. The van der Waals surface area contributed by atoms with Crippen LogP contribution in [0.1, 0.15) is 12.8 Å². The van der Waals surface area contributed by atoms with E-state index in [1.54, 1.807) is 8.81 Å². The van der Waals surface area contributed by atoms with Crippen molar-refractivity contribution in [3.8, 4) is 0 Å². The van der Waals surface area contributed by atoms with Crippen LogP contribution in [0.25, 0.3) is 0 Å². The Hall–Kier alpha value is -0.497.